The monoisotopic (exact) mass is 290 g/mol. The van der Waals surface area contributed by atoms with E-state index in [0.29, 0.717) is 0 Å². The molecule has 0 radical (unpaired) electrons. The highest BCUT2D eigenvalue weighted by Crippen LogP contribution is 2.53. The van der Waals surface area contributed by atoms with Crippen LogP contribution in [0.3, 0.4) is 0 Å². The van der Waals surface area contributed by atoms with E-state index in [1.807, 2.05) is 0 Å². The molecule has 0 N–H and O–H groups in total. The van der Waals surface area contributed by atoms with Crippen LogP contribution < -0.4 is 4.74 Å². The molecular weight excluding hydrogens is 280 g/mol. The van der Waals surface area contributed by atoms with Gasteiger partial charge in [0.25, 0.3) is 0 Å². The van der Waals surface area contributed by atoms with Crippen LogP contribution in [0.2, 0.25) is 0 Å². The van der Waals surface area contributed by atoms with Gasteiger partial charge >= 0.3 is 12.1 Å². The van der Waals surface area contributed by atoms with Crippen LogP contribution in [0.15, 0.2) is 18.2 Å². The third-order valence-corrected chi connectivity index (χ3v) is 3.79. The van der Waals surface area contributed by atoms with Crippen molar-refractivity contribution in [2.75, 3.05) is 0 Å². The number of esters is 1. The third kappa shape index (κ3) is 1.72. The normalized spacial score (nSPS) is 32.5. The van der Waals surface area contributed by atoms with E-state index in [1.54, 1.807) is 0 Å². The highest BCUT2D eigenvalue weighted by molar-refractivity contribution is 5.82. The number of hydrogen-bond acceptors (Lipinski definition) is 3. The second-order valence-electron chi connectivity index (χ2n) is 5.15. The Morgan fingerprint density at radius 3 is 2.70 bits per heavy atom. The Kier molecular flexibility index (Phi) is 2.63. The molecule has 2 aliphatic heterocycles. The summed E-state index contributed by atoms with van der Waals surface area (Å²) < 4.78 is 62.6. The highest BCUT2D eigenvalue weighted by Gasteiger charge is 2.63. The summed E-state index contributed by atoms with van der Waals surface area (Å²) in [5.74, 6) is -2.63. The molecule has 0 amide bonds. The van der Waals surface area contributed by atoms with Crippen molar-refractivity contribution in [2.24, 2.45) is 0 Å². The minimum absolute atomic E-state index is 0.0231. The second-order valence-corrected chi connectivity index (χ2v) is 5.15. The van der Waals surface area contributed by atoms with E-state index < -0.39 is 42.0 Å². The van der Waals surface area contributed by atoms with Crippen molar-refractivity contribution < 1.29 is 31.8 Å². The maximum absolute atomic E-state index is 13.9. The topological polar surface area (TPSA) is 35.5 Å². The van der Waals surface area contributed by atoms with E-state index in [0.717, 1.165) is 13.0 Å². The Morgan fingerprint density at radius 2 is 2.05 bits per heavy atom. The van der Waals surface area contributed by atoms with Gasteiger partial charge in [0.15, 0.2) is 11.7 Å². The van der Waals surface area contributed by atoms with Gasteiger partial charge in [-0.2, -0.15) is 13.2 Å². The first-order chi connectivity index (χ1) is 9.23. The number of hydrogen-bond donors (Lipinski definition) is 0. The summed E-state index contributed by atoms with van der Waals surface area (Å²) in [5.41, 5.74) is -2.50. The fraction of sp³-hybridized carbons (Fsp3) is 0.462. The standard InChI is InChI=1S/C13H10F4O3/c1-12(13(15,16)17)5-6-9-7(14)3-2-4-8(9)19-11(18)10(6)20-12/h2-4,6,10H,5H2,1H3. The molecule has 3 nitrogen and oxygen atoms in total. The molecule has 1 aromatic carbocycles. The summed E-state index contributed by atoms with van der Waals surface area (Å²) in [4.78, 5) is 11.7. The van der Waals surface area contributed by atoms with E-state index in [1.165, 1.54) is 12.1 Å². The molecule has 1 aromatic rings. The molecule has 0 aromatic heterocycles. The number of ether oxygens (including phenoxy) is 2. The van der Waals surface area contributed by atoms with Crippen LogP contribution in [0.25, 0.3) is 0 Å². The minimum atomic E-state index is -4.64. The van der Waals surface area contributed by atoms with E-state index in [-0.39, 0.29) is 11.3 Å². The van der Waals surface area contributed by atoms with Crippen molar-refractivity contribution in [3.63, 3.8) is 0 Å². The van der Waals surface area contributed by atoms with Crippen molar-refractivity contribution in [1.82, 2.24) is 0 Å². The maximum atomic E-state index is 13.9. The average molecular weight is 290 g/mol. The zero-order valence-electron chi connectivity index (χ0n) is 10.3. The number of fused-ring (bicyclic) bond motifs is 3. The molecule has 7 heteroatoms. The maximum Gasteiger partial charge on any atom is 0.417 e. The predicted octanol–water partition coefficient (Wildman–Crippen LogP) is 2.94. The first kappa shape index (κ1) is 13.4. The van der Waals surface area contributed by atoms with Gasteiger partial charge in [0.1, 0.15) is 11.6 Å². The first-order valence-electron chi connectivity index (χ1n) is 5.97. The summed E-state index contributed by atoms with van der Waals surface area (Å²) in [7, 11) is 0. The van der Waals surface area contributed by atoms with E-state index in [4.69, 9.17) is 9.47 Å². The van der Waals surface area contributed by atoms with Crippen LogP contribution in [0.5, 0.6) is 5.75 Å². The van der Waals surface area contributed by atoms with Gasteiger partial charge in [0.2, 0.25) is 0 Å². The lowest BCUT2D eigenvalue weighted by atomic mass is 9.85. The molecule has 0 bridgehead atoms. The molecule has 2 aliphatic rings. The Morgan fingerprint density at radius 1 is 1.35 bits per heavy atom. The summed E-state index contributed by atoms with van der Waals surface area (Å²) in [6.07, 6.45) is -6.58. The van der Waals surface area contributed by atoms with Crippen molar-refractivity contribution in [2.45, 2.75) is 37.1 Å². The fourth-order valence-corrected chi connectivity index (χ4v) is 2.72. The van der Waals surface area contributed by atoms with Gasteiger partial charge in [-0.15, -0.1) is 0 Å². The Bertz CT molecular complexity index is 583. The lowest BCUT2D eigenvalue weighted by molar-refractivity contribution is -0.263. The predicted molar refractivity (Wildman–Crippen MR) is 58.7 cm³/mol. The van der Waals surface area contributed by atoms with Gasteiger partial charge in [0.05, 0.1) is 0 Å². The molecule has 1 fully saturated rings. The number of alkyl halides is 3. The largest absolute Gasteiger partial charge is 0.424 e. The zero-order valence-corrected chi connectivity index (χ0v) is 10.3. The highest BCUT2D eigenvalue weighted by atomic mass is 19.4. The smallest absolute Gasteiger partial charge is 0.417 e. The van der Waals surface area contributed by atoms with E-state index in [2.05, 4.69) is 0 Å². The van der Waals surface area contributed by atoms with Crippen molar-refractivity contribution >= 4 is 5.97 Å². The summed E-state index contributed by atoms with van der Waals surface area (Å²) in [6, 6.07) is 3.81. The van der Waals surface area contributed by atoms with Gasteiger partial charge < -0.3 is 9.47 Å². The Balaban J connectivity index is 2.08. The van der Waals surface area contributed by atoms with Gasteiger partial charge in [-0.25, -0.2) is 9.18 Å². The molecule has 3 rings (SSSR count). The number of rotatable bonds is 0. The molecule has 1 saturated heterocycles. The van der Waals surface area contributed by atoms with Crippen LogP contribution in [0, 0.1) is 5.82 Å². The van der Waals surface area contributed by atoms with Gasteiger partial charge in [-0.1, -0.05) is 6.07 Å². The quantitative estimate of drug-likeness (QED) is 0.419. The number of carbonyl (C=O) groups is 1. The lowest BCUT2D eigenvalue weighted by Crippen LogP contribution is -2.43. The van der Waals surface area contributed by atoms with Crippen LogP contribution >= 0.6 is 0 Å². The molecule has 3 atom stereocenters. The van der Waals surface area contributed by atoms with Gasteiger partial charge in [-0.05, 0) is 25.5 Å². The van der Waals surface area contributed by atoms with Gasteiger partial charge in [-0.3, -0.25) is 0 Å². The minimum Gasteiger partial charge on any atom is -0.424 e. The molecule has 108 valence electrons. The van der Waals surface area contributed by atoms with Crippen molar-refractivity contribution in [3.8, 4) is 5.75 Å². The molecule has 0 spiro atoms. The average Bonchev–Trinajstić information content (AvgIpc) is 2.68. The number of halogens is 4. The molecule has 0 aliphatic carbocycles. The van der Waals surface area contributed by atoms with Crippen LogP contribution in [-0.4, -0.2) is 23.9 Å². The summed E-state index contributed by atoms with van der Waals surface area (Å²) in [5, 5.41) is 0. The number of carbonyl (C=O) groups excluding carboxylic acids is 1. The number of benzene rings is 1. The van der Waals surface area contributed by atoms with E-state index >= 15 is 0 Å². The summed E-state index contributed by atoms with van der Waals surface area (Å²) >= 11 is 0. The summed E-state index contributed by atoms with van der Waals surface area (Å²) in [6.45, 7) is 0.860. The molecule has 20 heavy (non-hydrogen) atoms. The third-order valence-electron chi connectivity index (χ3n) is 3.79. The second kappa shape index (κ2) is 3.94. The van der Waals surface area contributed by atoms with Crippen molar-refractivity contribution in [1.29, 1.82) is 0 Å². The molecule has 0 saturated carbocycles. The lowest BCUT2D eigenvalue weighted by Gasteiger charge is -2.27. The van der Waals surface area contributed by atoms with Crippen LogP contribution in [0.1, 0.15) is 24.8 Å². The molecule has 3 unspecified atom stereocenters. The van der Waals surface area contributed by atoms with Crippen LogP contribution in [-0.2, 0) is 9.53 Å². The SMILES string of the molecule is CC1(C(F)(F)F)CC2c3c(F)cccc3OC(=O)C2O1. The Labute approximate surface area is 111 Å². The zero-order chi connectivity index (χ0) is 14.7. The molecule has 2 heterocycles. The van der Waals surface area contributed by atoms with E-state index in [9.17, 15) is 22.4 Å². The van der Waals surface area contributed by atoms with Gasteiger partial charge in [0, 0.05) is 11.5 Å². The first-order valence-corrected chi connectivity index (χ1v) is 5.97. The van der Waals surface area contributed by atoms with Crippen molar-refractivity contribution in [3.05, 3.63) is 29.6 Å². The van der Waals surface area contributed by atoms with Crippen LogP contribution in [0.4, 0.5) is 17.6 Å². The fourth-order valence-electron chi connectivity index (χ4n) is 2.72. The molecular formula is C13H10F4O3. The Hall–Kier alpha value is -1.63.